The topological polar surface area (TPSA) is 98.1 Å². The Kier molecular flexibility index (Phi) is 7.28. The number of fused-ring (bicyclic) bond motifs is 2. The van der Waals surface area contributed by atoms with Crippen LogP contribution in [0.5, 0.6) is 0 Å². The molecule has 43 heavy (non-hydrogen) atoms. The van der Waals surface area contributed by atoms with Gasteiger partial charge in [0, 0.05) is 54.0 Å². The Labute approximate surface area is 249 Å². The van der Waals surface area contributed by atoms with E-state index in [4.69, 9.17) is 0 Å². The van der Waals surface area contributed by atoms with E-state index >= 15 is 4.39 Å². The number of pyridine rings is 1. The molecular formula is C34H34FN5O3. The van der Waals surface area contributed by atoms with E-state index < -0.39 is 6.04 Å². The van der Waals surface area contributed by atoms with Crippen LogP contribution < -0.4 is 0 Å². The minimum atomic E-state index is -0.582. The van der Waals surface area contributed by atoms with Crippen LogP contribution in [0.3, 0.4) is 0 Å². The van der Waals surface area contributed by atoms with Gasteiger partial charge in [-0.2, -0.15) is 0 Å². The maximum Gasteiger partial charge on any atom is 0.243 e. The molecule has 2 aliphatic rings. The van der Waals surface area contributed by atoms with Crippen LogP contribution in [-0.4, -0.2) is 54.0 Å². The zero-order valence-electron chi connectivity index (χ0n) is 24.8. The molecule has 1 saturated heterocycles. The van der Waals surface area contributed by atoms with Gasteiger partial charge in [0.2, 0.25) is 5.91 Å². The third kappa shape index (κ3) is 5.40. The Morgan fingerprint density at radius 3 is 2.42 bits per heavy atom. The average Bonchev–Trinajstić information content (AvgIpc) is 3.37. The molecular weight excluding hydrogens is 545 g/mol. The second-order valence-electron chi connectivity index (χ2n) is 12.1. The summed E-state index contributed by atoms with van der Waals surface area (Å²) in [5, 5.41) is 0.687. The summed E-state index contributed by atoms with van der Waals surface area (Å²) in [4.78, 5) is 54.6. The van der Waals surface area contributed by atoms with Gasteiger partial charge in [0.05, 0.1) is 23.4 Å². The summed E-state index contributed by atoms with van der Waals surface area (Å²) in [7, 11) is 0. The quantitative estimate of drug-likeness (QED) is 0.221. The van der Waals surface area contributed by atoms with Crippen LogP contribution >= 0.6 is 0 Å². The standard InChI is InChI=1S/C34H34FN5O3/c1-20(23-8-6-5-7-9-23)27(35)10-11-31(42)29-13-34(4)14-32(34)40(29)33(43)19-39-18-26(21(2)41)25-12-28(38-17-30(25)39)24-15-36-22(3)37-16-24/h5-9,12,15-18,29,32H,10-11,13-14,19H2,1-4H3/b27-20+/t29-,32+,34-/m0/s1. The van der Waals surface area contributed by atoms with Crippen molar-refractivity contribution in [3.8, 4) is 11.3 Å². The normalized spacial score (nSPS) is 21.5. The Bertz CT molecular complexity index is 1780. The fraction of sp³-hybridized carbons (Fsp3) is 0.353. The molecule has 9 heteroatoms. The third-order valence-electron chi connectivity index (χ3n) is 9.03. The number of likely N-dealkylation sites (tertiary alicyclic amines) is 1. The van der Waals surface area contributed by atoms with Crippen molar-refractivity contribution in [2.24, 2.45) is 5.41 Å². The first-order valence-electron chi connectivity index (χ1n) is 14.6. The smallest absolute Gasteiger partial charge is 0.243 e. The summed E-state index contributed by atoms with van der Waals surface area (Å²) in [6.07, 6.45) is 8.18. The molecule has 1 aliphatic heterocycles. The lowest BCUT2D eigenvalue weighted by molar-refractivity contribution is -0.139. The van der Waals surface area contributed by atoms with Gasteiger partial charge in [-0.3, -0.25) is 19.4 Å². The zero-order valence-corrected chi connectivity index (χ0v) is 24.8. The van der Waals surface area contributed by atoms with Crippen LogP contribution in [0.4, 0.5) is 4.39 Å². The maximum absolute atomic E-state index is 15.0. The van der Waals surface area contributed by atoms with Crippen molar-refractivity contribution in [2.45, 2.75) is 72.0 Å². The molecule has 0 unspecified atom stereocenters. The molecule has 3 aromatic heterocycles. The van der Waals surface area contributed by atoms with Crippen LogP contribution in [-0.2, 0) is 16.1 Å². The molecule has 220 valence electrons. The second kappa shape index (κ2) is 10.9. The van der Waals surface area contributed by atoms with E-state index in [1.807, 2.05) is 36.4 Å². The Morgan fingerprint density at radius 1 is 1.00 bits per heavy atom. The number of halogens is 1. The Balaban J connectivity index is 1.22. The number of allylic oxidation sites excluding steroid dienone is 2. The number of piperidine rings is 1. The lowest BCUT2D eigenvalue weighted by Crippen LogP contribution is -2.44. The van der Waals surface area contributed by atoms with Crippen LogP contribution in [0.1, 0.15) is 68.2 Å². The van der Waals surface area contributed by atoms with Gasteiger partial charge in [-0.25, -0.2) is 14.4 Å². The van der Waals surface area contributed by atoms with Gasteiger partial charge in [-0.1, -0.05) is 37.3 Å². The summed E-state index contributed by atoms with van der Waals surface area (Å²) >= 11 is 0. The number of Topliss-reactive ketones (excluding diaryl/α,β-unsaturated/α-hetero) is 2. The molecule has 0 N–H and O–H groups in total. The van der Waals surface area contributed by atoms with E-state index in [1.165, 1.54) is 6.92 Å². The number of carbonyl (C=O) groups is 3. The first-order valence-corrected chi connectivity index (χ1v) is 14.6. The van der Waals surface area contributed by atoms with E-state index in [0.717, 1.165) is 17.5 Å². The number of benzene rings is 1. The highest BCUT2D eigenvalue weighted by atomic mass is 19.1. The Morgan fingerprint density at radius 2 is 1.72 bits per heavy atom. The SMILES string of the molecule is CC(=O)c1cn(CC(=O)N2[C@H](C(=O)CC/C(F)=C(/C)c3ccccc3)C[C@@]3(C)C[C@@H]23)c2cnc(-c3cnc(C)nc3)cc12. The highest BCUT2D eigenvalue weighted by molar-refractivity contribution is 6.07. The van der Waals surface area contributed by atoms with E-state index in [9.17, 15) is 14.4 Å². The predicted molar refractivity (Wildman–Crippen MR) is 162 cm³/mol. The van der Waals surface area contributed by atoms with Crippen molar-refractivity contribution in [3.05, 3.63) is 84.0 Å². The van der Waals surface area contributed by atoms with Gasteiger partial charge in [0.15, 0.2) is 11.6 Å². The number of hydrogen-bond acceptors (Lipinski definition) is 6. The van der Waals surface area contributed by atoms with E-state index in [1.54, 1.807) is 48.1 Å². The fourth-order valence-corrected chi connectivity index (χ4v) is 6.35. The number of aromatic nitrogens is 4. The minimum absolute atomic E-state index is 0.00368. The van der Waals surface area contributed by atoms with Crippen LogP contribution in [0.2, 0.25) is 0 Å². The highest BCUT2D eigenvalue weighted by Crippen LogP contribution is 2.59. The molecule has 1 amide bonds. The molecule has 1 aromatic carbocycles. The molecule has 0 spiro atoms. The summed E-state index contributed by atoms with van der Waals surface area (Å²) < 4.78 is 16.7. The molecule has 1 saturated carbocycles. The third-order valence-corrected chi connectivity index (χ3v) is 9.03. The average molecular weight is 580 g/mol. The van der Waals surface area contributed by atoms with Crippen molar-refractivity contribution in [1.29, 1.82) is 0 Å². The molecule has 8 nitrogen and oxygen atoms in total. The van der Waals surface area contributed by atoms with Crippen LogP contribution in [0.15, 0.2) is 67.0 Å². The fourth-order valence-electron chi connectivity index (χ4n) is 6.35. The molecule has 4 aromatic rings. The Hall–Kier alpha value is -4.53. The summed E-state index contributed by atoms with van der Waals surface area (Å²) in [6.45, 7) is 7.09. The molecule has 3 atom stereocenters. The predicted octanol–water partition coefficient (Wildman–Crippen LogP) is 6.13. The minimum Gasteiger partial charge on any atom is -0.336 e. The van der Waals surface area contributed by atoms with E-state index in [2.05, 4.69) is 21.9 Å². The number of carbonyl (C=O) groups excluding carboxylic acids is 3. The van der Waals surface area contributed by atoms with Crippen molar-refractivity contribution < 1.29 is 18.8 Å². The van der Waals surface area contributed by atoms with Gasteiger partial charge in [0.1, 0.15) is 18.2 Å². The van der Waals surface area contributed by atoms with Crippen LogP contribution in [0.25, 0.3) is 27.7 Å². The van der Waals surface area contributed by atoms with Gasteiger partial charge in [0.25, 0.3) is 0 Å². The van der Waals surface area contributed by atoms with Gasteiger partial charge >= 0.3 is 0 Å². The van der Waals surface area contributed by atoms with Crippen molar-refractivity contribution in [1.82, 2.24) is 24.4 Å². The monoisotopic (exact) mass is 579 g/mol. The lowest BCUT2D eigenvalue weighted by Gasteiger charge is -2.27. The zero-order chi connectivity index (χ0) is 30.5. The number of aryl methyl sites for hydroxylation is 1. The summed E-state index contributed by atoms with van der Waals surface area (Å²) in [5.74, 6) is -0.103. The largest absolute Gasteiger partial charge is 0.336 e. The molecule has 4 heterocycles. The number of amides is 1. The van der Waals surface area contributed by atoms with Gasteiger partial charge in [-0.15, -0.1) is 0 Å². The first-order chi connectivity index (χ1) is 20.6. The van der Waals surface area contributed by atoms with Gasteiger partial charge in [-0.05, 0) is 56.2 Å². The van der Waals surface area contributed by atoms with E-state index in [0.29, 0.717) is 40.0 Å². The van der Waals surface area contributed by atoms with Crippen molar-refractivity contribution in [2.75, 3.05) is 0 Å². The van der Waals surface area contributed by atoms with Crippen molar-refractivity contribution >= 4 is 33.9 Å². The van der Waals surface area contributed by atoms with E-state index in [-0.39, 0.29) is 54.1 Å². The molecule has 6 rings (SSSR count). The van der Waals surface area contributed by atoms with Crippen LogP contribution in [0, 0.1) is 12.3 Å². The number of rotatable bonds is 9. The molecule has 2 fully saturated rings. The second-order valence-corrected chi connectivity index (χ2v) is 12.1. The highest BCUT2D eigenvalue weighted by Gasteiger charge is 2.64. The lowest BCUT2D eigenvalue weighted by atomic mass is 9.96. The van der Waals surface area contributed by atoms with Crippen molar-refractivity contribution in [3.63, 3.8) is 0 Å². The number of hydrogen-bond donors (Lipinski definition) is 0. The number of nitrogens with zero attached hydrogens (tertiary/aromatic N) is 5. The summed E-state index contributed by atoms with van der Waals surface area (Å²) in [5.41, 5.74) is 3.71. The number of ketones is 2. The maximum atomic E-state index is 15.0. The summed E-state index contributed by atoms with van der Waals surface area (Å²) in [6, 6.07) is 10.5. The molecule has 0 bridgehead atoms. The molecule has 1 aliphatic carbocycles. The van der Waals surface area contributed by atoms with Gasteiger partial charge < -0.3 is 9.47 Å². The molecule has 0 radical (unpaired) electrons. The first kappa shape index (κ1) is 28.6.